The normalized spacial score (nSPS) is 16.8. The van der Waals surface area contributed by atoms with Gasteiger partial charge in [-0.1, -0.05) is 19.1 Å². The van der Waals surface area contributed by atoms with Gasteiger partial charge in [0.1, 0.15) is 11.4 Å². The fourth-order valence-corrected chi connectivity index (χ4v) is 4.68. The summed E-state index contributed by atoms with van der Waals surface area (Å²) >= 11 is 1.64. The van der Waals surface area contributed by atoms with Gasteiger partial charge in [0.2, 0.25) is 0 Å². The summed E-state index contributed by atoms with van der Waals surface area (Å²) in [4.78, 5) is 19.5. The maximum Gasteiger partial charge on any atom is 0.262 e. The van der Waals surface area contributed by atoms with E-state index in [0.717, 1.165) is 29.5 Å². The van der Waals surface area contributed by atoms with Crippen LogP contribution in [0.3, 0.4) is 0 Å². The molecule has 4 nitrogen and oxygen atoms in total. The number of hydrogen-bond acceptors (Lipinski definition) is 4. The minimum absolute atomic E-state index is 0.0193. The molecular formula is C19H19FN2O2S. The molecule has 0 spiro atoms. The number of aromatic nitrogens is 2. The van der Waals surface area contributed by atoms with Gasteiger partial charge in [-0.15, -0.1) is 11.3 Å². The number of thiophene rings is 1. The highest BCUT2D eigenvalue weighted by Crippen LogP contribution is 2.35. The Hall–Kier alpha value is -2.21. The lowest BCUT2D eigenvalue weighted by Crippen LogP contribution is -2.24. The van der Waals surface area contributed by atoms with Crippen LogP contribution < -0.4 is 10.3 Å². The van der Waals surface area contributed by atoms with Crippen molar-refractivity contribution in [1.82, 2.24) is 9.55 Å². The molecule has 1 aromatic carbocycles. The fourth-order valence-electron chi connectivity index (χ4n) is 3.34. The van der Waals surface area contributed by atoms with Crippen LogP contribution in [0.25, 0.3) is 10.2 Å². The van der Waals surface area contributed by atoms with E-state index in [2.05, 4.69) is 11.9 Å². The minimum Gasteiger partial charge on any atom is -0.489 e. The largest absolute Gasteiger partial charge is 0.489 e. The molecule has 0 saturated carbocycles. The standard InChI is InChI=1S/C19H19FN2O2S/c1-12-6-7-13-16(10-12)25-18-17(13)19(23)22(11-21-18)8-9-24-15-5-3-2-4-14(15)20/h2-5,11-12H,6-10H2,1H3. The van der Waals surface area contributed by atoms with E-state index in [4.69, 9.17) is 4.74 Å². The number of fused-ring (bicyclic) bond motifs is 3. The molecule has 0 saturated heterocycles. The molecule has 0 bridgehead atoms. The highest BCUT2D eigenvalue weighted by atomic mass is 32.1. The summed E-state index contributed by atoms with van der Waals surface area (Å²) in [6.07, 6.45) is 4.67. The maximum absolute atomic E-state index is 13.6. The molecule has 3 aromatic rings. The van der Waals surface area contributed by atoms with E-state index in [1.165, 1.54) is 16.5 Å². The van der Waals surface area contributed by atoms with Crippen molar-refractivity contribution < 1.29 is 9.13 Å². The number of rotatable bonds is 4. The number of hydrogen-bond donors (Lipinski definition) is 0. The van der Waals surface area contributed by atoms with Crippen LogP contribution in [0.2, 0.25) is 0 Å². The fraction of sp³-hybridized carbons (Fsp3) is 0.368. The van der Waals surface area contributed by atoms with Crippen LogP contribution in [-0.4, -0.2) is 16.2 Å². The summed E-state index contributed by atoms with van der Waals surface area (Å²) in [5.41, 5.74) is 1.16. The Labute approximate surface area is 148 Å². The molecule has 1 aliphatic rings. The molecule has 0 aliphatic heterocycles. The van der Waals surface area contributed by atoms with E-state index in [-0.39, 0.29) is 17.9 Å². The molecule has 0 radical (unpaired) electrons. The molecule has 1 aliphatic carbocycles. The van der Waals surface area contributed by atoms with Crippen LogP contribution in [-0.2, 0) is 19.4 Å². The predicted octanol–water partition coefficient (Wildman–Crippen LogP) is 3.80. The zero-order chi connectivity index (χ0) is 17.4. The number of nitrogens with zero attached hydrogens (tertiary/aromatic N) is 2. The van der Waals surface area contributed by atoms with Gasteiger partial charge in [0.05, 0.1) is 18.3 Å². The molecule has 1 unspecified atom stereocenters. The summed E-state index contributed by atoms with van der Waals surface area (Å²) in [5, 5.41) is 0.764. The Balaban J connectivity index is 1.57. The van der Waals surface area contributed by atoms with Gasteiger partial charge in [-0.05, 0) is 42.9 Å². The van der Waals surface area contributed by atoms with Crippen LogP contribution in [0, 0.1) is 11.7 Å². The van der Waals surface area contributed by atoms with E-state index in [9.17, 15) is 9.18 Å². The molecule has 2 heterocycles. The summed E-state index contributed by atoms with van der Waals surface area (Å²) < 4.78 is 20.6. The van der Waals surface area contributed by atoms with Gasteiger partial charge in [0.15, 0.2) is 11.6 Å². The summed E-state index contributed by atoms with van der Waals surface area (Å²) in [6.45, 7) is 2.81. The first-order valence-electron chi connectivity index (χ1n) is 8.50. The van der Waals surface area contributed by atoms with Crippen LogP contribution in [0.5, 0.6) is 5.75 Å². The van der Waals surface area contributed by atoms with E-state index < -0.39 is 5.82 Å². The van der Waals surface area contributed by atoms with Crippen molar-refractivity contribution in [2.45, 2.75) is 32.7 Å². The molecule has 0 fully saturated rings. The molecule has 2 aromatic heterocycles. The predicted molar refractivity (Wildman–Crippen MR) is 97.0 cm³/mol. The summed E-state index contributed by atoms with van der Waals surface area (Å²) in [5.74, 6) is 0.466. The smallest absolute Gasteiger partial charge is 0.262 e. The third-order valence-corrected chi connectivity index (χ3v) is 5.87. The monoisotopic (exact) mass is 358 g/mol. The van der Waals surface area contributed by atoms with Crippen LogP contribution in [0.4, 0.5) is 4.39 Å². The zero-order valence-electron chi connectivity index (χ0n) is 14.0. The van der Waals surface area contributed by atoms with E-state index in [1.54, 1.807) is 40.4 Å². The average Bonchev–Trinajstić information content (AvgIpc) is 2.96. The van der Waals surface area contributed by atoms with Gasteiger partial charge < -0.3 is 4.74 Å². The highest BCUT2D eigenvalue weighted by molar-refractivity contribution is 7.18. The van der Waals surface area contributed by atoms with E-state index in [1.807, 2.05) is 0 Å². The summed E-state index contributed by atoms with van der Waals surface area (Å²) in [6, 6.07) is 6.27. The van der Waals surface area contributed by atoms with Crippen molar-refractivity contribution >= 4 is 21.6 Å². The molecule has 4 rings (SSSR count). The lowest BCUT2D eigenvalue weighted by atomic mass is 9.89. The highest BCUT2D eigenvalue weighted by Gasteiger charge is 2.23. The lowest BCUT2D eigenvalue weighted by molar-refractivity contribution is 0.282. The molecule has 1 atom stereocenters. The SMILES string of the molecule is CC1CCc2c(sc3ncn(CCOc4ccccc4F)c(=O)c23)C1. The minimum atomic E-state index is -0.399. The first-order chi connectivity index (χ1) is 12.1. The second kappa shape index (κ2) is 6.59. The third kappa shape index (κ3) is 3.06. The number of halogens is 1. The van der Waals surface area contributed by atoms with Crippen molar-refractivity contribution in [3.05, 3.63) is 57.2 Å². The Morgan fingerprint density at radius 1 is 1.40 bits per heavy atom. The zero-order valence-corrected chi connectivity index (χ0v) is 14.8. The average molecular weight is 358 g/mol. The molecule has 0 N–H and O–H groups in total. The molecule has 25 heavy (non-hydrogen) atoms. The first-order valence-corrected chi connectivity index (χ1v) is 9.32. The van der Waals surface area contributed by atoms with Gasteiger partial charge in [0.25, 0.3) is 5.56 Å². The van der Waals surface area contributed by atoms with Crippen molar-refractivity contribution in [2.75, 3.05) is 6.61 Å². The Morgan fingerprint density at radius 2 is 2.24 bits per heavy atom. The van der Waals surface area contributed by atoms with Crippen LogP contribution in [0.15, 0.2) is 35.4 Å². The van der Waals surface area contributed by atoms with Gasteiger partial charge in [-0.3, -0.25) is 9.36 Å². The van der Waals surface area contributed by atoms with Crippen LogP contribution >= 0.6 is 11.3 Å². The molecular weight excluding hydrogens is 339 g/mol. The number of ether oxygens (including phenoxy) is 1. The molecule has 6 heteroatoms. The van der Waals surface area contributed by atoms with Gasteiger partial charge >= 0.3 is 0 Å². The van der Waals surface area contributed by atoms with Crippen molar-refractivity contribution in [3.8, 4) is 5.75 Å². The lowest BCUT2D eigenvalue weighted by Gasteiger charge is -2.17. The summed E-state index contributed by atoms with van der Waals surface area (Å²) in [7, 11) is 0. The van der Waals surface area contributed by atoms with Gasteiger partial charge in [-0.2, -0.15) is 0 Å². The second-order valence-corrected chi connectivity index (χ2v) is 7.64. The van der Waals surface area contributed by atoms with Crippen molar-refractivity contribution in [3.63, 3.8) is 0 Å². The number of para-hydroxylation sites is 1. The van der Waals surface area contributed by atoms with E-state index >= 15 is 0 Å². The maximum atomic E-state index is 13.6. The molecule has 130 valence electrons. The number of aryl methyl sites for hydroxylation is 1. The van der Waals surface area contributed by atoms with Crippen LogP contribution in [0.1, 0.15) is 23.8 Å². The Bertz CT molecular complexity index is 979. The quantitative estimate of drug-likeness (QED) is 0.712. The molecule has 0 amide bonds. The topological polar surface area (TPSA) is 44.1 Å². The number of benzene rings is 1. The van der Waals surface area contributed by atoms with E-state index in [0.29, 0.717) is 12.5 Å². The Kier molecular flexibility index (Phi) is 4.29. The third-order valence-electron chi connectivity index (χ3n) is 4.71. The van der Waals surface area contributed by atoms with Gasteiger partial charge in [-0.25, -0.2) is 9.37 Å². The van der Waals surface area contributed by atoms with Gasteiger partial charge in [0, 0.05) is 4.88 Å². The first kappa shape index (κ1) is 16.3. The van der Waals surface area contributed by atoms with Crippen molar-refractivity contribution in [2.24, 2.45) is 5.92 Å². The Morgan fingerprint density at radius 3 is 3.08 bits per heavy atom. The van der Waals surface area contributed by atoms with Crippen molar-refractivity contribution in [1.29, 1.82) is 0 Å². The second-order valence-electron chi connectivity index (χ2n) is 6.55.